The molecule has 0 unspecified atom stereocenters. The molecule has 1 aromatic heterocycles. The first-order chi connectivity index (χ1) is 14.5. The summed E-state index contributed by atoms with van der Waals surface area (Å²) in [4.78, 5) is 12.4. The summed E-state index contributed by atoms with van der Waals surface area (Å²) < 4.78 is 13.2. The Morgan fingerprint density at radius 2 is 1.97 bits per heavy atom. The molecular formula is C21H23ClN4O3S. The van der Waals surface area contributed by atoms with Crippen LogP contribution in [0.25, 0.3) is 0 Å². The summed E-state index contributed by atoms with van der Waals surface area (Å²) in [5.41, 5.74) is 1.60. The van der Waals surface area contributed by atoms with Crippen molar-refractivity contribution in [1.82, 2.24) is 14.8 Å². The summed E-state index contributed by atoms with van der Waals surface area (Å²) in [7, 11) is 1.85. The van der Waals surface area contributed by atoms with Crippen LogP contribution in [0.5, 0.6) is 11.5 Å². The van der Waals surface area contributed by atoms with E-state index in [0.29, 0.717) is 34.0 Å². The van der Waals surface area contributed by atoms with Gasteiger partial charge in [-0.05, 0) is 49.7 Å². The number of nitrogens with zero attached hydrogens (tertiary/aromatic N) is 3. The minimum atomic E-state index is -0.148. The van der Waals surface area contributed by atoms with Crippen molar-refractivity contribution in [3.8, 4) is 11.5 Å². The van der Waals surface area contributed by atoms with Crippen LogP contribution in [0.4, 0.5) is 5.69 Å². The number of hydrogen-bond donors (Lipinski definition) is 1. The molecule has 3 rings (SSSR count). The quantitative estimate of drug-likeness (QED) is 0.488. The van der Waals surface area contributed by atoms with E-state index in [0.717, 1.165) is 11.3 Å². The molecular weight excluding hydrogens is 424 g/mol. The van der Waals surface area contributed by atoms with Gasteiger partial charge in [-0.3, -0.25) is 4.79 Å². The van der Waals surface area contributed by atoms with E-state index in [-0.39, 0.29) is 18.3 Å². The molecule has 0 aliphatic carbocycles. The van der Waals surface area contributed by atoms with Crippen LogP contribution >= 0.6 is 23.4 Å². The molecule has 0 aliphatic heterocycles. The average molecular weight is 447 g/mol. The maximum Gasteiger partial charge on any atom is 0.234 e. The van der Waals surface area contributed by atoms with Gasteiger partial charge < -0.3 is 19.4 Å². The zero-order valence-corrected chi connectivity index (χ0v) is 18.6. The largest absolute Gasteiger partial charge is 0.492 e. The molecule has 1 N–H and O–H groups in total. The Kier molecular flexibility index (Phi) is 7.59. The van der Waals surface area contributed by atoms with Crippen LogP contribution in [0.2, 0.25) is 5.02 Å². The highest BCUT2D eigenvalue weighted by Gasteiger charge is 2.14. The van der Waals surface area contributed by atoms with E-state index in [9.17, 15) is 4.79 Å². The number of carbonyl (C=O) groups excluding carboxylic acids is 1. The lowest BCUT2D eigenvalue weighted by Crippen LogP contribution is -2.15. The third kappa shape index (κ3) is 5.67. The van der Waals surface area contributed by atoms with Crippen molar-refractivity contribution in [2.24, 2.45) is 7.05 Å². The summed E-state index contributed by atoms with van der Waals surface area (Å²) in [6.07, 6.45) is 0. The van der Waals surface area contributed by atoms with Gasteiger partial charge in [-0.1, -0.05) is 35.5 Å². The van der Waals surface area contributed by atoms with Gasteiger partial charge >= 0.3 is 0 Å². The van der Waals surface area contributed by atoms with Gasteiger partial charge in [0.2, 0.25) is 5.91 Å². The minimum absolute atomic E-state index is 0.148. The van der Waals surface area contributed by atoms with Crippen molar-refractivity contribution < 1.29 is 14.3 Å². The fourth-order valence-corrected chi connectivity index (χ4v) is 3.64. The van der Waals surface area contributed by atoms with Crippen LogP contribution in [0.1, 0.15) is 18.3 Å². The zero-order chi connectivity index (χ0) is 21.5. The molecule has 1 amide bonds. The highest BCUT2D eigenvalue weighted by molar-refractivity contribution is 7.99. The topological polar surface area (TPSA) is 78.3 Å². The lowest BCUT2D eigenvalue weighted by molar-refractivity contribution is -0.113. The number of anilines is 1. The summed E-state index contributed by atoms with van der Waals surface area (Å²) in [6.45, 7) is 4.63. The molecule has 9 heteroatoms. The molecule has 0 aliphatic rings. The normalized spacial score (nSPS) is 10.7. The lowest BCUT2D eigenvalue weighted by atomic mass is 10.2. The monoisotopic (exact) mass is 446 g/mol. The molecule has 158 valence electrons. The van der Waals surface area contributed by atoms with Gasteiger partial charge in [-0.15, -0.1) is 10.2 Å². The number of hydrogen-bond acceptors (Lipinski definition) is 6. The first kappa shape index (κ1) is 22.0. The fourth-order valence-electron chi connectivity index (χ4n) is 2.68. The Hall–Kier alpha value is -2.71. The van der Waals surface area contributed by atoms with Crippen LogP contribution in [-0.4, -0.2) is 33.0 Å². The smallest absolute Gasteiger partial charge is 0.234 e. The number of carbonyl (C=O) groups is 1. The van der Waals surface area contributed by atoms with Crippen molar-refractivity contribution in [3.05, 3.63) is 58.9 Å². The van der Waals surface area contributed by atoms with Gasteiger partial charge in [0.1, 0.15) is 18.1 Å². The van der Waals surface area contributed by atoms with Crippen molar-refractivity contribution in [1.29, 1.82) is 0 Å². The Bertz CT molecular complexity index is 1030. The standard InChI is InChI=1S/C21H23ClN4O3S/c1-4-28-18-8-6-5-7-16(18)23-20(27)13-30-21-25-24-19(26(21)3)12-29-17-10-9-15(22)11-14(17)2/h5-11H,4,12-13H2,1-3H3,(H,23,27). The van der Waals surface area contributed by atoms with E-state index in [1.165, 1.54) is 11.8 Å². The lowest BCUT2D eigenvalue weighted by Gasteiger charge is -2.11. The fraction of sp³-hybridized carbons (Fsp3) is 0.286. The number of amides is 1. The summed E-state index contributed by atoms with van der Waals surface area (Å²) in [5.74, 6) is 2.10. The maximum absolute atomic E-state index is 12.4. The van der Waals surface area contributed by atoms with Gasteiger partial charge in [0.05, 0.1) is 18.0 Å². The molecule has 0 saturated carbocycles. The van der Waals surface area contributed by atoms with Crippen molar-refractivity contribution in [3.63, 3.8) is 0 Å². The number of thioether (sulfide) groups is 1. The molecule has 0 radical (unpaired) electrons. The highest BCUT2D eigenvalue weighted by atomic mass is 35.5. The minimum Gasteiger partial charge on any atom is -0.492 e. The molecule has 0 saturated heterocycles. The second kappa shape index (κ2) is 10.4. The van der Waals surface area contributed by atoms with E-state index < -0.39 is 0 Å². The predicted octanol–water partition coefficient (Wildman–Crippen LogP) is 4.49. The van der Waals surface area contributed by atoms with Crippen LogP contribution in [0.15, 0.2) is 47.6 Å². The Morgan fingerprint density at radius 1 is 1.17 bits per heavy atom. The molecule has 30 heavy (non-hydrogen) atoms. The van der Waals surface area contributed by atoms with Crippen molar-refractivity contribution in [2.45, 2.75) is 25.6 Å². The highest BCUT2D eigenvalue weighted by Crippen LogP contribution is 2.25. The first-order valence-corrected chi connectivity index (χ1v) is 10.8. The first-order valence-electron chi connectivity index (χ1n) is 9.39. The van der Waals surface area contributed by atoms with Gasteiger partial charge in [-0.2, -0.15) is 0 Å². The maximum atomic E-state index is 12.4. The molecule has 0 fully saturated rings. The molecule has 7 nitrogen and oxygen atoms in total. The SMILES string of the molecule is CCOc1ccccc1NC(=O)CSc1nnc(COc2ccc(Cl)cc2C)n1C. The summed E-state index contributed by atoms with van der Waals surface area (Å²) >= 11 is 7.28. The number of aryl methyl sites for hydroxylation is 1. The van der Waals surface area contributed by atoms with Crippen LogP contribution in [0, 0.1) is 6.92 Å². The molecule has 2 aromatic carbocycles. The third-order valence-electron chi connectivity index (χ3n) is 4.21. The van der Waals surface area contributed by atoms with Crippen molar-refractivity contribution in [2.75, 3.05) is 17.7 Å². The molecule has 0 atom stereocenters. The Labute approximate surface area is 184 Å². The number of rotatable bonds is 9. The molecule has 1 heterocycles. The second-order valence-corrected chi connectivity index (χ2v) is 7.80. The van der Waals surface area contributed by atoms with E-state index in [4.69, 9.17) is 21.1 Å². The van der Waals surface area contributed by atoms with E-state index in [1.54, 1.807) is 6.07 Å². The van der Waals surface area contributed by atoms with E-state index in [1.807, 2.05) is 61.9 Å². The molecule has 0 spiro atoms. The van der Waals surface area contributed by atoms with Gasteiger partial charge in [-0.25, -0.2) is 0 Å². The molecule has 3 aromatic rings. The zero-order valence-electron chi connectivity index (χ0n) is 17.0. The number of ether oxygens (including phenoxy) is 2. The van der Waals surface area contributed by atoms with E-state index in [2.05, 4.69) is 15.5 Å². The van der Waals surface area contributed by atoms with Gasteiger partial charge in [0, 0.05) is 12.1 Å². The van der Waals surface area contributed by atoms with Gasteiger partial charge in [0.15, 0.2) is 11.0 Å². The van der Waals surface area contributed by atoms with Crippen LogP contribution < -0.4 is 14.8 Å². The second-order valence-electron chi connectivity index (χ2n) is 6.42. The van der Waals surface area contributed by atoms with Crippen LogP contribution in [-0.2, 0) is 18.4 Å². The predicted molar refractivity (Wildman–Crippen MR) is 118 cm³/mol. The number of aromatic nitrogens is 3. The summed E-state index contributed by atoms with van der Waals surface area (Å²) in [5, 5.41) is 12.5. The number of para-hydroxylation sites is 2. The summed E-state index contributed by atoms with van der Waals surface area (Å²) in [6, 6.07) is 12.8. The van der Waals surface area contributed by atoms with Crippen LogP contribution in [0.3, 0.4) is 0 Å². The number of halogens is 1. The van der Waals surface area contributed by atoms with Crippen molar-refractivity contribution >= 4 is 35.0 Å². The molecule has 0 bridgehead atoms. The Balaban J connectivity index is 1.55. The average Bonchev–Trinajstić information content (AvgIpc) is 3.07. The van der Waals surface area contributed by atoms with Gasteiger partial charge in [0.25, 0.3) is 0 Å². The number of nitrogens with one attached hydrogen (secondary N) is 1. The number of benzene rings is 2. The Morgan fingerprint density at radius 3 is 2.73 bits per heavy atom. The third-order valence-corrected chi connectivity index (χ3v) is 5.47. The van der Waals surface area contributed by atoms with E-state index >= 15 is 0 Å².